The van der Waals surface area contributed by atoms with Gasteiger partial charge in [-0.15, -0.1) is 0 Å². The molecule has 4 rings (SSSR count). The third-order valence-corrected chi connectivity index (χ3v) is 6.51. The Bertz CT molecular complexity index is 991. The smallest absolute Gasteiger partial charge is 0.224 e. The highest BCUT2D eigenvalue weighted by Gasteiger charge is 2.54. The lowest BCUT2D eigenvalue weighted by Gasteiger charge is -2.46. The zero-order valence-electron chi connectivity index (χ0n) is 14.2. The van der Waals surface area contributed by atoms with Crippen molar-refractivity contribution >= 4 is 16.4 Å². The van der Waals surface area contributed by atoms with Gasteiger partial charge in [-0.3, -0.25) is 0 Å². The van der Waals surface area contributed by atoms with E-state index in [9.17, 15) is 5.26 Å². The molecule has 1 aliphatic heterocycles. The van der Waals surface area contributed by atoms with E-state index in [1.54, 1.807) is 0 Å². The Morgan fingerprint density at radius 1 is 1.13 bits per heavy atom. The predicted molar refractivity (Wildman–Crippen MR) is 91.4 cm³/mol. The summed E-state index contributed by atoms with van der Waals surface area (Å²) in [6, 6.07) is 8.69. The van der Waals surface area contributed by atoms with Crippen LogP contribution in [0.15, 0.2) is 36.8 Å². The number of pyridine rings is 1. The van der Waals surface area contributed by atoms with Crippen LogP contribution in [0.4, 0.5) is 0 Å². The molecule has 3 aromatic rings. The fourth-order valence-corrected chi connectivity index (χ4v) is 4.65. The SMILES string of the molecule is CCC1(C)c2c(C#N)ccc3ccn4cc[n+](c4c23)C1(C)CC. The molecule has 116 valence electrons. The highest BCUT2D eigenvalue weighted by Crippen LogP contribution is 2.49. The summed E-state index contributed by atoms with van der Waals surface area (Å²) in [5.41, 5.74) is 3.14. The highest BCUT2D eigenvalue weighted by molar-refractivity contribution is 5.98. The van der Waals surface area contributed by atoms with Crippen LogP contribution in [-0.4, -0.2) is 4.40 Å². The Hall–Kier alpha value is -2.34. The molecule has 1 aromatic carbocycles. The normalized spacial score (nSPS) is 26.0. The topological polar surface area (TPSA) is 32.1 Å². The molecule has 2 atom stereocenters. The molecule has 2 aromatic heterocycles. The summed E-state index contributed by atoms with van der Waals surface area (Å²) < 4.78 is 4.63. The second kappa shape index (κ2) is 4.35. The average Bonchev–Trinajstić information content (AvgIpc) is 3.03. The average molecular weight is 304 g/mol. The van der Waals surface area contributed by atoms with Crippen LogP contribution in [0.3, 0.4) is 0 Å². The van der Waals surface area contributed by atoms with Crippen molar-refractivity contribution in [3.63, 3.8) is 0 Å². The first-order valence-electron chi connectivity index (χ1n) is 8.41. The van der Waals surface area contributed by atoms with Crippen molar-refractivity contribution in [2.24, 2.45) is 0 Å². The van der Waals surface area contributed by atoms with E-state index in [0.717, 1.165) is 18.4 Å². The molecule has 0 fully saturated rings. The molecule has 0 aliphatic carbocycles. The van der Waals surface area contributed by atoms with E-state index in [4.69, 9.17) is 0 Å². The maximum absolute atomic E-state index is 9.76. The molecule has 0 saturated heterocycles. The minimum absolute atomic E-state index is 0.0509. The third kappa shape index (κ3) is 1.42. The van der Waals surface area contributed by atoms with Crippen LogP contribution in [-0.2, 0) is 11.0 Å². The lowest BCUT2D eigenvalue weighted by molar-refractivity contribution is -0.750. The standard InChI is InChI=1S/C20H22N3/c1-5-19(3)17-15(13-21)8-7-14-9-10-22-11-12-23(18(22)16(14)17)20(19,4)6-2/h7-12H,5-6H2,1-4H3/q+1. The Balaban J connectivity index is 2.36. The lowest BCUT2D eigenvalue weighted by Crippen LogP contribution is -2.66. The van der Waals surface area contributed by atoms with Gasteiger partial charge >= 0.3 is 0 Å². The number of rotatable bonds is 2. The van der Waals surface area contributed by atoms with Crippen molar-refractivity contribution in [2.45, 2.75) is 51.5 Å². The van der Waals surface area contributed by atoms with Crippen molar-refractivity contribution in [1.29, 1.82) is 5.26 Å². The molecule has 3 heteroatoms. The molecule has 1 aliphatic rings. The molecule has 0 N–H and O–H groups in total. The van der Waals surface area contributed by atoms with Crippen LogP contribution < -0.4 is 4.57 Å². The molecular weight excluding hydrogens is 282 g/mol. The van der Waals surface area contributed by atoms with Gasteiger partial charge in [0.05, 0.1) is 23.2 Å². The number of benzene rings is 1. The zero-order chi connectivity index (χ0) is 16.4. The molecule has 0 bridgehead atoms. The summed E-state index contributed by atoms with van der Waals surface area (Å²) >= 11 is 0. The van der Waals surface area contributed by atoms with Gasteiger partial charge in [-0.05, 0) is 42.8 Å². The van der Waals surface area contributed by atoms with Gasteiger partial charge in [-0.1, -0.05) is 26.8 Å². The monoisotopic (exact) mass is 304 g/mol. The molecule has 0 spiro atoms. The number of imidazole rings is 1. The van der Waals surface area contributed by atoms with Gasteiger partial charge in [0.1, 0.15) is 17.9 Å². The number of nitrogens with zero attached hydrogens (tertiary/aromatic N) is 3. The van der Waals surface area contributed by atoms with Crippen LogP contribution in [0, 0.1) is 11.3 Å². The van der Waals surface area contributed by atoms with E-state index in [1.807, 2.05) is 6.07 Å². The van der Waals surface area contributed by atoms with E-state index in [2.05, 4.69) is 73.5 Å². The summed E-state index contributed by atoms with van der Waals surface area (Å²) in [4.78, 5) is 0. The zero-order valence-corrected chi connectivity index (χ0v) is 14.2. The number of nitriles is 1. The van der Waals surface area contributed by atoms with Crippen molar-refractivity contribution in [3.8, 4) is 6.07 Å². The molecule has 0 saturated carbocycles. The second-order valence-corrected chi connectivity index (χ2v) is 7.09. The highest BCUT2D eigenvalue weighted by atomic mass is 15.2. The van der Waals surface area contributed by atoms with E-state index in [0.29, 0.717) is 0 Å². The Morgan fingerprint density at radius 2 is 1.91 bits per heavy atom. The van der Waals surface area contributed by atoms with Crippen LogP contribution in [0.5, 0.6) is 0 Å². The van der Waals surface area contributed by atoms with E-state index in [1.165, 1.54) is 22.0 Å². The first-order chi connectivity index (χ1) is 11.0. The molecule has 0 radical (unpaired) electrons. The second-order valence-electron chi connectivity index (χ2n) is 7.09. The largest absolute Gasteiger partial charge is 0.294 e. The fraction of sp³-hybridized carbons (Fsp3) is 0.400. The van der Waals surface area contributed by atoms with E-state index >= 15 is 0 Å². The van der Waals surface area contributed by atoms with Crippen LogP contribution >= 0.6 is 0 Å². The maximum Gasteiger partial charge on any atom is 0.294 e. The molecule has 3 nitrogen and oxygen atoms in total. The van der Waals surface area contributed by atoms with Gasteiger partial charge in [0, 0.05) is 5.41 Å². The van der Waals surface area contributed by atoms with Gasteiger partial charge in [0.15, 0.2) is 0 Å². The summed E-state index contributed by atoms with van der Waals surface area (Å²) in [5, 5.41) is 12.2. The minimum atomic E-state index is -0.0762. The van der Waals surface area contributed by atoms with Crippen LogP contribution in [0.1, 0.15) is 51.7 Å². The Morgan fingerprint density at radius 3 is 2.57 bits per heavy atom. The molecule has 0 amide bonds. The molecular formula is C20H22N3+. The summed E-state index contributed by atoms with van der Waals surface area (Å²) in [6.07, 6.45) is 8.48. The van der Waals surface area contributed by atoms with E-state index < -0.39 is 0 Å². The fourth-order valence-electron chi connectivity index (χ4n) is 4.65. The van der Waals surface area contributed by atoms with E-state index in [-0.39, 0.29) is 11.0 Å². The summed E-state index contributed by atoms with van der Waals surface area (Å²) in [7, 11) is 0. The van der Waals surface area contributed by atoms with Gasteiger partial charge in [0.2, 0.25) is 0 Å². The summed E-state index contributed by atoms with van der Waals surface area (Å²) in [6.45, 7) is 9.17. The number of hydrogen-bond acceptors (Lipinski definition) is 1. The summed E-state index contributed by atoms with van der Waals surface area (Å²) in [5.74, 6) is 0. The molecule has 3 heterocycles. The van der Waals surface area contributed by atoms with Crippen molar-refractivity contribution < 1.29 is 4.57 Å². The predicted octanol–water partition coefficient (Wildman–Crippen LogP) is 4.06. The third-order valence-electron chi connectivity index (χ3n) is 6.51. The first-order valence-corrected chi connectivity index (χ1v) is 8.41. The van der Waals surface area contributed by atoms with Gasteiger partial charge in [-0.2, -0.15) is 5.26 Å². The van der Waals surface area contributed by atoms with Crippen molar-refractivity contribution in [3.05, 3.63) is 47.9 Å². The lowest BCUT2D eigenvalue weighted by atomic mass is 9.61. The quantitative estimate of drug-likeness (QED) is 0.657. The van der Waals surface area contributed by atoms with Gasteiger partial charge < -0.3 is 0 Å². The van der Waals surface area contributed by atoms with Crippen LogP contribution in [0.25, 0.3) is 16.4 Å². The van der Waals surface area contributed by atoms with Gasteiger partial charge in [-0.25, -0.2) is 8.97 Å². The van der Waals surface area contributed by atoms with Crippen LogP contribution in [0.2, 0.25) is 0 Å². The number of aromatic nitrogens is 2. The molecule has 23 heavy (non-hydrogen) atoms. The Labute approximate surface area is 136 Å². The van der Waals surface area contributed by atoms with Crippen molar-refractivity contribution in [1.82, 2.24) is 4.40 Å². The maximum atomic E-state index is 9.76. The Kier molecular flexibility index (Phi) is 2.70. The van der Waals surface area contributed by atoms with Gasteiger partial charge in [0.25, 0.3) is 5.65 Å². The minimum Gasteiger partial charge on any atom is -0.224 e. The first kappa shape index (κ1) is 14.3. The molecule has 2 unspecified atom stereocenters. The van der Waals surface area contributed by atoms with Crippen molar-refractivity contribution in [2.75, 3.05) is 0 Å². The number of hydrogen-bond donors (Lipinski definition) is 0.